The molecule has 2 aromatic rings. The summed E-state index contributed by atoms with van der Waals surface area (Å²) < 4.78 is 1.21. The highest BCUT2D eigenvalue weighted by Gasteiger charge is 2.14. The van der Waals surface area contributed by atoms with Gasteiger partial charge >= 0.3 is 5.69 Å². The number of benzene rings is 1. The van der Waals surface area contributed by atoms with Gasteiger partial charge in [-0.15, -0.1) is 11.8 Å². The first-order valence-corrected chi connectivity index (χ1v) is 7.38. The van der Waals surface area contributed by atoms with Crippen molar-refractivity contribution >= 4 is 17.3 Å². The molecule has 1 aromatic carbocycles. The molecule has 4 nitrogen and oxygen atoms in total. The van der Waals surface area contributed by atoms with Crippen LogP contribution in [0.4, 0.5) is 0 Å². The van der Waals surface area contributed by atoms with Gasteiger partial charge in [0.2, 0.25) is 0 Å². The lowest BCUT2D eigenvalue weighted by Crippen LogP contribution is -2.37. The third kappa shape index (κ3) is 2.77. The van der Waals surface area contributed by atoms with Crippen molar-refractivity contribution < 1.29 is 1.43 Å². The van der Waals surface area contributed by atoms with Gasteiger partial charge in [-0.2, -0.15) is 0 Å². The lowest BCUT2D eigenvalue weighted by atomic mass is 10.2. The predicted molar refractivity (Wildman–Crippen MR) is 85.5 cm³/mol. The maximum atomic E-state index is 12.5. The van der Waals surface area contributed by atoms with Crippen LogP contribution < -0.4 is 11.2 Å². The summed E-state index contributed by atoms with van der Waals surface area (Å²) in [4.78, 5) is 27.3. The van der Waals surface area contributed by atoms with Crippen molar-refractivity contribution in [3.8, 4) is 0 Å². The summed E-state index contributed by atoms with van der Waals surface area (Å²) in [5.74, 6) is 0. The molecular formula is C15H18N2O2S. The Labute approximate surface area is 122 Å². The van der Waals surface area contributed by atoms with Crippen molar-refractivity contribution in [2.45, 2.75) is 18.5 Å². The molecule has 0 saturated carbocycles. The first-order valence-electron chi connectivity index (χ1n) is 6.15. The number of hydrogen-bond donors (Lipinski definition) is 1. The highest BCUT2D eigenvalue weighted by Crippen LogP contribution is 2.18. The molecule has 0 unspecified atom stereocenters. The number of hydrogen-bond acceptors (Lipinski definition) is 3. The summed E-state index contributed by atoms with van der Waals surface area (Å²) in [5.41, 5.74) is 1.35. The fourth-order valence-corrected chi connectivity index (χ4v) is 2.65. The molecule has 106 valence electrons. The lowest BCUT2D eigenvalue weighted by molar-refractivity contribution is 0.677. The van der Waals surface area contributed by atoms with Gasteiger partial charge in [0.25, 0.3) is 5.56 Å². The molecular weight excluding hydrogens is 272 g/mol. The third-order valence-electron chi connectivity index (χ3n) is 2.97. The smallest absolute Gasteiger partial charge is 0.301 e. The van der Waals surface area contributed by atoms with Crippen molar-refractivity contribution in [2.75, 3.05) is 6.26 Å². The van der Waals surface area contributed by atoms with E-state index < -0.39 is 5.69 Å². The molecule has 0 fully saturated rings. The van der Waals surface area contributed by atoms with Gasteiger partial charge in [-0.3, -0.25) is 9.36 Å². The highest BCUT2D eigenvalue weighted by atomic mass is 32.2. The molecule has 1 heterocycles. The standard InChI is InChI=1S/C15H16N2O2S.H2/c1-10(2)12-13(20-3)16-15(19)17(14(12)18)9-11-7-5-4-6-8-11;/h4-8H,1,9H2,2-3H3,(H,16,19);1H. The van der Waals surface area contributed by atoms with Crippen LogP contribution in [0.3, 0.4) is 0 Å². The Hall–Kier alpha value is -2.01. The molecule has 1 aromatic heterocycles. The normalized spacial score (nSPS) is 10.5. The van der Waals surface area contributed by atoms with Crippen molar-refractivity contribution in [3.63, 3.8) is 0 Å². The van der Waals surface area contributed by atoms with E-state index in [1.807, 2.05) is 36.6 Å². The molecule has 0 spiro atoms. The van der Waals surface area contributed by atoms with E-state index in [1.165, 1.54) is 16.3 Å². The maximum Gasteiger partial charge on any atom is 0.329 e. The molecule has 0 bridgehead atoms. The van der Waals surface area contributed by atoms with Crippen LogP contribution >= 0.6 is 11.8 Å². The Balaban J connectivity index is 0.00000220. The zero-order valence-electron chi connectivity index (χ0n) is 11.5. The SMILES string of the molecule is C=C(C)c1c(SC)[nH]c(=O)n(Cc2ccccc2)c1=O.[HH]. The van der Waals surface area contributed by atoms with Gasteiger partial charge < -0.3 is 4.98 Å². The Morgan fingerprint density at radius 1 is 1.35 bits per heavy atom. The zero-order valence-corrected chi connectivity index (χ0v) is 12.3. The number of aromatic nitrogens is 2. The van der Waals surface area contributed by atoms with Crippen LogP contribution in [-0.2, 0) is 6.54 Å². The first-order chi connectivity index (χ1) is 9.54. The van der Waals surface area contributed by atoms with Gasteiger partial charge in [-0.05, 0) is 24.3 Å². The minimum absolute atomic E-state index is 0. The summed E-state index contributed by atoms with van der Waals surface area (Å²) >= 11 is 1.34. The second kappa shape index (κ2) is 5.96. The van der Waals surface area contributed by atoms with Crippen LogP contribution in [0.2, 0.25) is 0 Å². The number of allylic oxidation sites excluding steroid dienone is 1. The van der Waals surface area contributed by atoms with Crippen LogP contribution in [0.25, 0.3) is 5.57 Å². The predicted octanol–water partition coefficient (Wildman–Crippen LogP) is 2.59. The molecule has 0 radical (unpaired) electrons. The quantitative estimate of drug-likeness (QED) is 0.695. The Kier molecular flexibility index (Phi) is 4.29. The molecule has 2 rings (SSSR count). The summed E-state index contributed by atoms with van der Waals surface area (Å²) in [5, 5.41) is 0.566. The fraction of sp³-hybridized carbons (Fsp3) is 0.200. The summed E-state index contributed by atoms with van der Waals surface area (Å²) in [7, 11) is 0. The van der Waals surface area contributed by atoms with Crippen LogP contribution in [0, 0.1) is 0 Å². The summed E-state index contributed by atoms with van der Waals surface area (Å²) in [6.07, 6.45) is 1.82. The maximum absolute atomic E-state index is 12.5. The van der Waals surface area contributed by atoms with Crippen LogP contribution in [0.5, 0.6) is 0 Å². The molecule has 0 amide bonds. The van der Waals surface area contributed by atoms with Gasteiger partial charge in [0.05, 0.1) is 17.1 Å². The van der Waals surface area contributed by atoms with Crippen molar-refractivity contribution in [2.24, 2.45) is 0 Å². The third-order valence-corrected chi connectivity index (χ3v) is 3.68. The average Bonchev–Trinajstić information content (AvgIpc) is 2.43. The second-order valence-corrected chi connectivity index (χ2v) is 5.31. The number of H-pyrrole nitrogens is 1. The van der Waals surface area contributed by atoms with Crippen LogP contribution in [-0.4, -0.2) is 15.8 Å². The number of rotatable bonds is 4. The molecule has 0 saturated heterocycles. The fourth-order valence-electron chi connectivity index (χ4n) is 1.99. The van der Waals surface area contributed by atoms with Crippen molar-refractivity contribution in [1.29, 1.82) is 0 Å². The molecule has 0 aliphatic rings. The minimum atomic E-state index is -0.395. The van der Waals surface area contributed by atoms with E-state index in [1.54, 1.807) is 6.92 Å². The van der Waals surface area contributed by atoms with Gasteiger partial charge in [0, 0.05) is 1.43 Å². The van der Waals surface area contributed by atoms with E-state index in [-0.39, 0.29) is 13.5 Å². The molecule has 0 aliphatic carbocycles. The number of thioether (sulfide) groups is 1. The molecule has 0 atom stereocenters. The summed E-state index contributed by atoms with van der Waals surface area (Å²) in [6.45, 7) is 5.84. The van der Waals surface area contributed by atoms with Gasteiger partial charge in [-0.1, -0.05) is 36.9 Å². The number of aromatic amines is 1. The Bertz CT molecular complexity index is 751. The largest absolute Gasteiger partial charge is 0.329 e. The Morgan fingerprint density at radius 3 is 2.55 bits per heavy atom. The van der Waals surface area contributed by atoms with Gasteiger partial charge in [-0.25, -0.2) is 4.79 Å². The van der Waals surface area contributed by atoms with Gasteiger partial charge in [0.15, 0.2) is 0 Å². The van der Waals surface area contributed by atoms with E-state index >= 15 is 0 Å². The average molecular weight is 290 g/mol. The van der Waals surface area contributed by atoms with Crippen LogP contribution in [0.15, 0.2) is 51.5 Å². The van der Waals surface area contributed by atoms with Crippen molar-refractivity contribution in [1.82, 2.24) is 9.55 Å². The van der Waals surface area contributed by atoms with Crippen LogP contribution in [0.1, 0.15) is 19.5 Å². The Morgan fingerprint density at radius 2 is 2.00 bits per heavy atom. The molecule has 5 heteroatoms. The highest BCUT2D eigenvalue weighted by molar-refractivity contribution is 7.98. The van der Waals surface area contributed by atoms with E-state index in [0.29, 0.717) is 16.2 Å². The van der Waals surface area contributed by atoms with E-state index in [2.05, 4.69) is 11.6 Å². The summed E-state index contributed by atoms with van der Waals surface area (Å²) in [6, 6.07) is 9.42. The van der Waals surface area contributed by atoms with Gasteiger partial charge in [0.1, 0.15) is 0 Å². The topological polar surface area (TPSA) is 54.9 Å². The van der Waals surface area contributed by atoms with Crippen molar-refractivity contribution in [3.05, 3.63) is 68.9 Å². The first kappa shape index (κ1) is 14.4. The molecule has 1 N–H and O–H groups in total. The number of nitrogens with zero attached hydrogens (tertiary/aromatic N) is 1. The lowest BCUT2D eigenvalue weighted by Gasteiger charge is -2.10. The monoisotopic (exact) mass is 290 g/mol. The zero-order chi connectivity index (χ0) is 14.7. The molecule has 0 aliphatic heterocycles. The number of nitrogens with one attached hydrogen (secondary N) is 1. The second-order valence-electron chi connectivity index (χ2n) is 4.50. The minimum Gasteiger partial charge on any atom is -0.301 e. The molecule has 20 heavy (non-hydrogen) atoms. The van der Waals surface area contributed by atoms with E-state index in [0.717, 1.165) is 5.56 Å². The van der Waals surface area contributed by atoms with E-state index in [4.69, 9.17) is 0 Å². The van der Waals surface area contributed by atoms with E-state index in [9.17, 15) is 9.59 Å².